The van der Waals surface area contributed by atoms with Gasteiger partial charge in [0.05, 0.1) is 6.20 Å². The molecule has 0 bridgehead atoms. The van der Waals surface area contributed by atoms with Crippen molar-refractivity contribution < 1.29 is 4.68 Å². The van der Waals surface area contributed by atoms with E-state index in [1.54, 1.807) is 0 Å². The largest absolute Gasteiger partial charge is 0.478 e. The lowest BCUT2D eigenvalue weighted by Crippen LogP contribution is -2.27. The molecule has 2 nitrogen and oxygen atoms in total. The topological polar surface area (TPSA) is 18.0 Å². The van der Waals surface area contributed by atoms with Gasteiger partial charge in [0.2, 0.25) is 0 Å². The van der Waals surface area contributed by atoms with Crippen LogP contribution in [0, 0.1) is 11.8 Å². The molecule has 0 unspecified atom stereocenters. The summed E-state index contributed by atoms with van der Waals surface area (Å²) >= 11 is 0. The van der Waals surface area contributed by atoms with Gasteiger partial charge in [0.1, 0.15) is 0 Å². The molecule has 0 atom stereocenters. The summed E-state index contributed by atoms with van der Waals surface area (Å²) in [6, 6.07) is 4.00. The van der Waals surface area contributed by atoms with Gasteiger partial charge in [0.25, 0.3) is 0 Å². The van der Waals surface area contributed by atoms with E-state index in [2.05, 4.69) is 56.7 Å². The van der Waals surface area contributed by atoms with Gasteiger partial charge < -0.3 is 10.1 Å². The molecule has 0 spiro atoms. The summed E-state index contributed by atoms with van der Waals surface area (Å²) < 4.78 is 1.89. The molecule has 0 saturated heterocycles. The molecule has 1 aromatic heterocycles. The minimum atomic E-state index is 0.103. The third-order valence-corrected chi connectivity index (χ3v) is 4.18. The SMILES string of the molecule is CC(C)(CC([N-][n+]1ccc[cH-]1)=C1C=CC=C[CH-]1)C1=CC=CC1. The third kappa shape index (κ3) is 3.28. The number of allylic oxidation sites excluding steroid dienone is 10. The number of rotatable bonds is 5. The molecule has 0 aliphatic heterocycles. The van der Waals surface area contributed by atoms with Crippen molar-refractivity contribution in [3.05, 3.63) is 95.7 Å². The molecule has 1 aromatic rings. The fourth-order valence-corrected chi connectivity index (χ4v) is 2.84. The second-order valence-corrected chi connectivity index (χ2v) is 6.36. The van der Waals surface area contributed by atoms with Crippen LogP contribution < -0.4 is 4.68 Å². The van der Waals surface area contributed by atoms with E-state index < -0.39 is 0 Å². The van der Waals surface area contributed by atoms with Crippen LogP contribution >= 0.6 is 0 Å². The molecular formula is C20H22N2-2. The van der Waals surface area contributed by atoms with Crippen LogP contribution in [0.3, 0.4) is 0 Å². The molecule has 3 rings (SSSR count). The molecule has 2 aliphatic rings. The van der Waals surface area contributed by atoms with Crippen LogP contribution in [0.1, 0.15) is 26.7 Å². The summed E-state index contributed by atoms with van der Waals surface area (Å²) in [7, 11) is 0. The van der Waals surface area contributed by atoms with Gasteiger partial charge in [0.15, 0.2) is 0 Å². The van der Waals surface area contributed by atoms with Crippen LogP contribution in [0.25, 0.3) is 5.43 Å². The summed E-state index contributed by atoms with van der Waals surface area (Å²) in [5.74, 6) is 0. The van der Waals surface area contributed by atoms with Gasteiger partial charge in [-0.25, -0.2) is 0 Å². The van der Waals surface area contributed by atoms with Crippen molar-refractivity contribution in [1.29, 1.82) is 0 Å². The van der Waals surface area contributed by atoms with Crippen molar-refractivity contribution in [2.75, 3.05) is 0 Å². The molecule has 2 aliphatic carbocycles. The molecule has 0 amide bonds. The summed E-state index contributed by atoms with van der Waals surface area (Å²) in [5.41, 5.74) is 8.72. The van der Waals surface area contributed by atoms with E-state index in [1.165, 1.54) is 11.1 Å². The lowest BCUT2D eigenvalue weighted by atomic mass is 9.78. The van der Waals surface area contributed by atoms with Crippen molar-refractivity contribution >= 4 is 0 Å². The maximum atomic E-state index is 4.83. The smallest absolute Gasteiger partial charge is 0.0569 e. The Morgan fingerprint density at radius 2 is 2.23 bits per heavy atom. The van der Waals surface area contributed by atoms with Crippen LogP contribution in [-0.4, -0.2) is 0 Å². The maximum Gasteiger partial charge on any atom is 0.0569 e. The predicted octanol–water partition coefficient (Wildman–Crippen LogP) is 4.72. The minimum Gasteiger partial charge on any atom is -0.478 e. The zero-order valence-corrected chi connectivity index (χ0v) is 13.2. The zero-order valence-electron chi connectivity index (χ0n) is 13.2. The van der Waals surface area contributed by atoms with E-state index in [0.717, 1.165) is 18.5 Å². The van der Waals surface area contributed by atoms with E-state index in [4.69, 9.17) is 5.43 Å². The second-order valence-electron chi connectivity index (χ2n) is 6.36. The molecule has 0 aromatic carbocycles. The summed E-state index contributed by atoms with van der Waals surface area (Å²) in [4.78, 5) is 0. The van der Waals surface area contributed by atoms with Crippen LogP contribution in [0.4, 0.5) is 0 Å². The highest BCUT2D eigenvalue weighted by atomic mass is 15.4. The maximum absolute atomic E-state index is 4.83. The summed E-state index contributed by atoms with van der Waals surface area (Å²) in [6.45, 7) is 4.61. The molecule has 0 N–H and O–H groups in total. The number of hydrogen-bond donors (Lipinski definition) is 0. The monoisotopic (exact) mass is 290 g/mol. The van der Waals surface area contributed by atoms with E-state index in [1.807, 2.05) is 35.3 Å². The first kappa shape index (κ1) is 14.6. The first-order valence-corrected chi connectivity index (χ1v) is 7.77. The van der Waals surface area contributed by atoms with Crippen LogP contribution in [0.5, 0.6) is 0 Å². The highest BCUT2D eigenvalue weighted by Crippen LogP contribution is 2.39. The predicted molar refractivity (Wildman–Crippen MR) is 90.8 cm³/mol. The molecule has 22 heavy (non-hydrogen) atoms. The first-order valence-electron chi connectivity index (χ1n) is 7.77. The quantitative estimate of drug-likeness (QED) is 0.552. The highest BCUT2D eigenvalue weighted by Gasteiger charge is 2.22. The van der Waals surface area contributed by atoms with Gasteiger partial charge in [0, 0.05) is 6.20 Å². The Hall–Kier alpha value is -2.35. The van der Waals surface area contributed by atoms with Crippen molar-refractivity contribution in [2.45, 2.75) is 26.7 Å². The van der Waals surface area contributed by atoms with Gasteiger partial charge >= 0.3 is 0 Å². The highest BCUT2D eigenvalue weighted by molar-refractivity contribution is 5.45. The van der Waals surface area contributed by atoms with Crippen molar-refractivity contribution in [2.24, 2.45) is 5.41 Å². The Labute approximate surface area is 133 Å². The van der Waals surface area contributed by atoms with E-state index in [-0.39, 0.29) is 5.41 Å². The average Bonchev–Trinajstić information content (AvgIpc) is 3.21. The van der Waals surface area contributed by atoms with Crippen LogP contribution in [0.15, 0.2) is 83.9 Å². The number of hydrogen-bond acceptors (Lipinski definition) is 0. The third-order valence-electron chi connectivity index (χ3n) is 4.18. The second kappa shape index (κ2) is 6.18. The van der Waals surface area contributed by atoms with E-state index in [0.29, 0.717) is 0 Å². The van der Waals surface area contributed by atoms with Gasteiger partial charge in [-0.2, -0.15) is 11.3 Å². The molecule has 0 radical (unpaired) electrons. The Morgan fingerprint density at radius 3 is 2.86 bits per heavy atom. The van der Waals surface area contributed by atoms with Gasteiger partial charge in [-0.05, 0) is 11.8 Å². The summed E-state index contributed by atoms with van der Waals surface area (Å²) in [6.07, 6.45) is 23.0. The Balaban J connectivity index is 1.85. The lowest BCUT2D eigenvalue weighted by molar-refractivity contribution is -0.618. The minimum absolute atomic E-state index is 0.103. The average molecular weight is 290 g/mol. The zero-order chi connectivity index (χ0) is 15.4. The van der Waals surface area contributed by atoms with Crippen molar-refractivity contribution in [3.8, 4) is 0 Å². The summed E-state index contributed by atoms with van der Waals surface area (Å²) in [5, 5.41) is 0. The number of nitrogens with zero attached hydrogens (tertiary/aromatic N) is 2. The Kier molecular flexibility index (Phi) is 4.10. The molecule has 1 heterocycles. The van der Waals surface area contributed by atoms with Crippen LogP contribution in [0.2, 0.25) is 0 Å². The Morgan fingerprint density at radius 1 is 1.32 bits per heavy atom. The standard InChI is InChI=1S/C20H22N2/c1-20(2,18-12-6-7-13-18)16-19(17-10-4-3-5-11-17)21-22-14-8-9-15-22/h3-12,14-15H,13,16H2,1-2H3/q-2. The number of aromatic nitrogens is 1. The van der Waals surface area contributed by atoms with Crippen LogP contribution in [-0.2, 0) is 0 Å². The molecule has 0 fully saturated rings. The van der Waals surface area contributed by atoms with Gasteiger partial charge in [-0.3, -0.25) is 0 Å². The van der Waals surface area contributed by atoms with E-state index in [9.17, 15) is 0 Å². The van der Waals surface area contributed by atoms with Gasteiger partial charge in [-0.15, -0.1) is 42.9 Å². The lowest BCUT2D eigenvalue weighted by Gasteiger charge is -2.38. The van der Waals surface area contributed by atoms with Gasteiger partial charge in [-0.1, -0.05) is 44.1 Å². The molecule has 2 heteroatoms. The fraction of sp³-hybridized carbons (Fsp3) is 0.250. The molecular weight excluding hydrogens is 268 g/mol. The Bertz CT molecular complexity index is 665. The fourth-order valence-electron chi connectivity index (χ4n) is 2.84. The first-order chi connectivity index (χ1) is 10.6. The molecule has 0 saturated carbocycles. The van der Waals surface area contributed by atoms with Crippen molar-refractivity contribution in [3.63, 3.8) is 0 Å². The van der Waals surface area contributed by atoms with E-state index >= 15 is 0 Å². The normalized spacial score (nSPS) is 19.1. The van der Waals surface area contributed by atoms with Crippen molar-refractivity contribution in [1.82, 2.24) is 0 Å². The molecule has 114 valence electrons.